The second kappa shape index (κ2) is 5.14. The number of anilines is 2. The molecular weight excluding hydrogens is 339 g/mol. The van der Waals surface area contributed by atoms with E-state index in [0.717, 1.165) is 36.6 Å². The van der Waals surface area contributed by atoms with E-state index in [1.54, 1.807) is 6.07 Å². The van der Waals surface area contributed by atoms with Crippen molar-refractivity contribution in [2.24, 2.45) is 0 Å². The van der Waals surface area contributed by atoms with Crippen molar-refractivity contribution in [3.05, 3.63) is 51.7 Å². The van der Waals surface area contributed by atoms with E-state index in [9.17, 15) is 4.39 Å². The molecule has 3 rings (SSSR count). The number of hydrogen-bond acceptors (Lipinski definition) is 3. The summed E-state index contributed by atoms with van der Waals surface area (Å²) in [7, 11) is 0. The van der Waals surface area contributed by atoms with E-state index in [2.05, 4.69) is 38.4 Å². The summed E-state index contributed by atoms with van der Waals surface area (Å²) in [5, 5.41) is 4.12. The van der Waals surface area contributed by atoms with Crippen molar-refractivity contribution in [3.8, 4) is 0 Å². The first-order chi connectivity index (χ1) is 9.52. The van der Waals surface area contributed by atoms with Crippen molar-refractivity contribution in [3.63, 3.8) is 0 Å². The minimum atomic E-state index is -0.233. The van der Waals surface area contributed by atoms with Gasteiger partial charge < -0.3 is 5.32 Å². The molecule has 1 heterocycles. The molecule has 5 heteroatoms. The van der Waals surface area contributed by atoms with Gasteiger partial charge in [-0.05, 0) is 55.3 Å². The predicted molar refractivity (Wildman–Crippen MR) is 86.5 cm³/mol. The Hall–Kier alpha value is -1.46. The number of nitrogens with one attached hydrogen (secondary N) is 1. The van der Waals surface area contributed by atoms with Gasteiger partial charge in [0, 0.05) is 10.2 Å². The number of aromatic nitrogens is 1. The lowest BCUT2D eigenvalue weighted by Crippen LogP contribution is -1.95. The van der Waals surface area contributed by atoms with Crippen LogP contribution in [0.25, 0.3) is 10.2 Å². The first-order valence-electron chi connectivity index (χ1n) is 6.13. The third-order valence-electron chi connectivity index (χ3n) is 3.08. The average Bonchev–Trinajstić information content (AvgIpc) is 2.75. The van der Waals surface area contributed by atoms with Crippen LogP contribution in [-0.4, -0.2) is 4.98 Å². The molecule has 0 aliphatic carbocycles. The predicted octanol–water partition coefficient (Wildman–Crippen LogP) is 5.56. The number of hydrogen-bond donors (Lipinski definition) is 1. The summed E-state index contributed by atoms with van der Waals surface area (Å²) in [5.41, 5.74) is 4.14. The summed E-state index contributed by atoms with van der Waals surface area (Å²) < 4.78 is 15.1. The Morgan fingerprint density at radius 1 is 1.15 bits per heavy atom. The Morgan fingerprint density at radius 2 is 1.85 bits per heavy atom. The number of benzene rings is 2. The van der Waals surface area contributed by atoms with E-state index in [1.165, 1.54) is 23.5 Å². The van der Waals surface area contributed by atoms with Gasteiger partial charge in [-0.15, -0.1) is 0 Å². The van der Waals surface area contributed by atoms with Gasteiger partial charge in [0.15, 0.2) is 5.13 Å². The number of aryl methyl sites for hydroxylation is 2. The molecule has 1 N–H and O–H groups in total. The van der Waals surface area contributed by atoms with Crippen LogP contribution >= 0.6 is 27.3 Å². The Balaban J connectivity index is 2.01. The monoisotopic (exact) mass is 350 g/mol. The fraction of sp³-hybridized carbons (Fsp3) is 0.133. The minimum absolute atomic E-state index is 0.233. The van der Waals surface area contributed by atoms with Crippen molar-refractivity contribution >= 4 is 48.3 Å². The fourth-order valence-electron chi connectivity index (χ4n) is 2.17. The maximum Gasteiger partial charge on any atom is 0.188 e. The highest BCUT2D eigenvalue weighted by molar-refractivity contribution is 9.10. The molecule has 1 aromatic heterocycles. The van der Waals surface area contributed by atoms with Crippen LogP contribution in [0.3, 0.4) is 0 Å². The molecule has 3 aromatic rings. The van der Waals surface area contributed by atoms with Gasteiger partial charge in [0.25, 0.3) is 0 Å². The topological polar surface area (TPSA) is 24.9 Å². The maximum atomic E-state index is 13.2. The van der Waals surface area contributed by atoms with E-state index >= 15 is 0 Å². The zero-order chi connectivity index (χ0) is 14.3. The van der Waals surface area contributed by atoms with Crippen LogP contribution < -0.4 is 5.32 Å². The number of rotatable bonds is 2. The lowest BCUT2D eigenvalue weighted by Gasteiger charge is -2.11. The SMILES string of the molecule is Cc1cc(Br)cc(C)c1Nc1nc2ccc(F)cc2s1. The van der Waals surface area contributed by atoms with Gasteiger partial charge in [0.2, 0.25) is 0 Å². The zero-order valence-electron chi connectivity index (χ0n) is 11.0. The van der Waals surface area contributed by atoms with E-state index in [1.807, 2.05) is 13.8 Å². The van der Waals surface area contributed by atoms with E-state index in [-0.39, 0.29) is 5.82 Å². The molecule has 0 fully saturated rings. The molecule has 2 aromatic carbocycles. The normalized spacial score (nSPS) is 11.0. The van der Waals surface area contributed by atoms with Crippen molar-refractivity contribution in [2.75, 3.05) is 5.32 Å². The van der Waals surface area contributed by atoms with Gasteiger partial charge in [-0.25, -0.2) is 9.37 Å². The third kappa shape index (κ3) is 2.55. The van der Waals surface area contributed by atoms with Crippen LogP contribution in [-0.2, 0) is 0 Å². The minimum Gasteiger partial charge on any atom is -0.331 e. The smallest absolute Gasteiger partial charge is 0.188 e. The molecule has 102 valence electrons. The molecule has 0 aliphatic heterocycles. The van der Waals surface area contributed by atoms with E-state index in [0.29, 0.717) is 0 Å². The van der Waals surface area contributed by atoms with Gasteiger partial charge >= 0.3 is 0 Å². The number of fused-ring (bicyclic) bond motifs is 1. The molecule has 0 saturated carbocycles. The van der Waals surface area contributed by atoms with Crippen molar-refractivity contribution < 1.29 is 4.39 Å². The summed E-state index contributed by atoms with van der Waals surface area (Å²) in [6, 6.07) is 8.76. The van der Waals surface area contributed by atoms with Crippen LogP contribution in [0.1, 0.15) is 11.1 Å². The average molecular weight is 351 g/mol. The molecule has 0 unspecified atom stereocenters. The second-order valence-corrected chi connectivity index (χ2v) is 6.62. The van der Waals surface area contributed by atoms with Crippen LogP contribution in [0.15, 0.2) is 34.8 Å². The highest BCUT2D eigenvalue weighted by atomic mass is 79.9. The summed E-state index contributed by atoms with van der Waals surface area (Å²) in [4.78, 5) is 4.48. The lowest BCUT2D eigenvalue weighted by molar-refractivity contribution is 0.630. The van der Waals surface area contributed by atoms with Crippen LogP contribution in [0.5, 0.6) is 0 Å². The van der Waals surface area contributed by atoms with Gasteiger partial charge in [-0.3, -0.25) is 0 Å². The standard InChI is InChI=1S/C15H12BrFN2S/c1-8-5-10(16)6-9(2)14(8)19-15-18-12-4-3-11(17)7-13(12)20-15/h3-7H,1-2H3,(H,18,19). The van der Waals surface area contributed by atoms with E-state index in [4.69, 9.17) is 0 Å². The molecule has 0 saturated heterocycles. The van der Waals surface area contributed by atoms with Gasteiger partial charge in [0.05, 0.1) is 10.2 Å². The molecular formula is C15H12BrFN2S. The lowest BCUT2D eigenvalue weighted by atomic mass is 10.1. The Bertz CT molecular complexity index is 775. The molecule has 2 nitrogen and oxygen atoms in total. The quantitative estimate of drug-likeness (QED) is 0.654. The number of halogens is 2. The highest BCUT2D eigenvalue weighted by Crippen LogP contribution is 2.32. The molecule has 0 radical (unpaired) electrons. The largest absolute Gasteiger partial charge is 0.331 e. The van der Waals surface area contributed by atoms with Gasteiger partial charge in [0.1, 0.15) is 5.82 Å². The summed E-state index contributed by atoms with van der Waals surface area (Å²) in [6.45, 7) is 4.10. The van der Waals surface area contributed by atoms with Crippen molar-refractivity contribution in [1.29, 1.82) is 0 Å². The molecule has 0 amide bonds. The van der Waals surface area contributed by atoms with Crippen LogP contribution in [0.2, 0.25) is 0 Å². The first-order valence-corrected chi connectivity index (χ1v) is 7.74. The molecule has 0 bridgehead atoms. The molecule has 0 atom stereocenters. The van der Waals surface area contributed by atoms with Crippen molar-refractivity contribution in [1.82, 2.24) is 4.98 Å². The molecule has 0 spiro atoms. The summed E-state index contributed by atoms with van der Waals surface area (Å²) in [5.74, 6) is -0.233. The van der Waals surface area contributed by atoms with Crippen LogP contribution in [0.4, 0.5) is 15.2 Å². The number of thiazole rings is 1. The van der Waals surface area contributed by atoms with Gasteiger partial charge in [-0.2, -0.15) is 0 Å². The summed E-state index contributed by atoms with van der Waals surface area (Å²) in [6.07, 6.45) is 0. The Kier molecular flexibility index (Phi) is 3.48. The Morgan fingerprint density at radius 3 is 2.55 bits per heavy atom. The molecule has 0 aliphatic rings. The zero-order valence-corrected chi connectivity index (χ0v) is 13.4. The highest BCUT2D eigenvalue weighted by Gasteiger charge is 2.09. The first kappa shape index (κ1) is 13.5. The Labute approximate surface area is 128 Å². The number of nitrogens with zero attached hydrogens (tertiary/aromatic N) is 1. The fourth-order valence-corrected chi connectivity index (χ4v) is 3.75. The summed E-state index contributed by atoms with van der Waals surface area (Å²) >= 11 is 4.94. The molecule has 20 heavy (non-hydrogen) atoms. The van der Waals surface area contributed by atoms with E-state index < -0.39 is 0 Å². The van der Waals surface area contributed by atoms with Crippen molar-refractivity contribution in [2.45, 2.75) is 13.8 Å². The third-order valence-corrected chi connectivity index (χ3v) is 4.47. The van der Waals surface area contributed by atoms with Gasteiger partial charge in [-0.1, -0.05) is 27.3 Å². The second-order valence-electron chi connectivity index (χ2n) is 4.67. The maximum absolute atomic E-state index is 13.2. The van der Waals surface area contributed by atoms with Crippen LogP contribution in [0, 0.1) is 19.7 Å².